The van der Waals surface area contributed by atoms with E-state index in [0.717, 1.165) is 0 Å². The fourth-order valence-corrected chi connectivity index (χ4v) is 3.06. The van der Waals surface area contributed by atoms with Crippen LogP contribution in [0.3, 0.4) is 0 Å². The van der Waals surface area contributed by atoms with Crippen LogP contribution in [0.25, 0.3) is 0 Å². The summed E-state index contributed by atoms with van der Waals surface area (Å²) in [6, 6.07) is 0. The second-order valence-electron chi connectivity index (χ2n) is 7.55. The molecule has 0 amide bonds. The number of rotatable bonds is 9. The number of ether oxygens (including phenoxy) is 1. The van der Waals surface area contributed by atoms with Crippen molar-refractivity contribution >= 4 is 17.2 Å². The zero-order valence-corrected chi connectivity index (χ0v) is 16.3. The van der Waals surface area contributed by atoms with Crippen molar-refractivity contribution in [1.29, 1.82) is 0 Å². The average molecular weight is 376 g/mol. The van der Waals surface area contributed by atoms with Crippen molar-refractivity contribution in [2.75, 3.05) is 19.8 Å². The summed E-state index contributed by atoms with van der Waals surface area (Å²) in [5.41, 5.74) is -2.22. The number of hydrogen-bond acceptors (Lipinski definition) is 8. The first-order valence-corrected chi connectivity index (χ1v) is 9.47. The van der Waals surface area contributed by atoms with Crippen molar-refractivity contribution in [2.45, 2.75) is 53.2 Å². The van der Waals surface area contributed by atoms with E-state index in [1.54, 1.807) is 0 Å². The van der Waals surface area contributed by atoms with Gasteiger partial charge in [-0.3, -0.25) is 0 Å². The summed E-state index contributed by atoms with van der Waals surface area (Å²) in [6.07, 6.45) is -0.620. The summed E-state index contributed by atoms with van der Waals surface area (Å²) in [5.74, 6) is 0. The van der Waals surface area contributed by atoms with E-state index in [0.29, 0.717) is 0 Å². The molecule has 1 atom stereocenters. The van der Waals surface area contributed by atoms with Crippen LogP contribution in [0.2, 0.25) is 0 Å². The van der Waals surface area contributed by atoms with E-state index in [1.165, 1.54) is 0 Å². The predicted molar refractivity (Wildman–Crippen MR) is 88.2 cm³/mol. The Morgan fingerprint density at radius 1 is 0.826 bits per heavy atom. The standard InChI is InChI=1S/C13H30O8P2/c1-11(2,3)10(21-12(4,5)6)13(7-14,8-19-22(15)16)9-20-23(17)18/h10,14-18H,7-9H2,1-6H3. The first kappa shape index (κ1) is 23.5. The van der Waals surface area contributed by atoms with Crippen molar-refractivity contribution < 1.29 is 38.5 Å². The Balaban J connectivity index is 5.66. The summed E-state index contributed by atoms with van der Waals surface area (Å²) in [7, 11) is -5.26. The summed E-state index contributed by atoms with van der Waals surface area (Å²) < 4.78 is 15.9. The largest absolute Gasteiger partial charge is 0.396 e. The van der Waals surface area contributed by atoms with E-state index in [1.807, 2.05) is 41.5 Å². The molecule has 0 aliphatic carbocycles. The Morgan fingerprint density at radius 3 is 1.43 bits per heavy atom. The molecule has 0 aliphatic rings. The van der Waals surface area contributed by atoms with Crippen LogP contribution >= 0.6 is 17.2 Å². The molecule has 23 heavy (non-hydrogen) atoms. The highest BCUT2D eigenvalue weighted by Crippen LogP contribution is 2.43. The van der Waals surface area contributed by atoms with Gasteiger partial charge in [0.15, 0.2) is 0 Å². The van der Waals surface area contributed by atoms with Gasteiger partial charge in [-0.1, -0.05) is 20.8 Å². The average Bonchev–Trinajstić information content (AvgIpc) is 2.35. The van der Waals surface area contributed by atoms with E-state index in [9.17, 15) is 5.11 Å². The van der Waals surface area contributed by atoms with Crippen molar-refractivity contribution in [3.63, 3.8) is 0 Å². The monoisotopic (exact) mass is 376 g/mol. The van der Waals surface area contributed by atoms with Crippen LogP contribution in [0, 0.1) is 10.8 Å². The predicted octanol–water partition coefficient (Wildman–Crippen LogP) is 1.65. The Bertz CT molecular complexity index is 326. The zero-order chi connectivity index (χ0) is 18.5. The third-order valence-corrected chi connectivity index (χ3v) is 3.78. The number of hydrogen-bond donors (Lipinski definition) is 5. The van der Waals surface area contributed by atoms with Crippen LogP contribution in [0.4, 0.5) is 0 Å². The van der Waals surface area contributed by atoms with Gasteiger partial charge in [0, 0.05) is 0 Å². The molecule has 0 aromatic carbocycles. The van der Waals surface area contributed by atoms with Gasteiger partial charge in [-0.25, -0.2) is 0 Å². The van der Waals surface area contributed by atoms with E-state index in [4.69, 9.17) is 33.4 Å². The van der Waals surface area contributed by atoms with E-state index >= 15 is 0 Å². The fourth-order valence-electron chi connectivity index (χ4n) is 2.31. The van der Waals surface area contributed by atoms with Gasteiger partial charge in [-0.05, 0) is 26.2 Å². The minimum Gasteiger partial charge on any atom is -0.396 e. The van der Waals surface area contributed by atoms with Crippen LogP contribution in [-0.4, -0.2) is 56.2 Å². The second kappa shape index (κ2) is 9.30. The third kappa shape index (κ3) is 8.98. The fraction of sp³-hybridized carbons (Fsp3) is 1.00. The smallest absolute Gasteiger partial charge is 0.327 e. The van der Waals surface area contributed by atoms with Crippen LogP contribution in [0.15, 0.2) is 0 Å². The Labute approximate surface area is 140 Å². The Kier molecular flexibility index (Phi) is 9.51. The minimum absolute atomic E-state index is 0.274. The molecule has 0 saturated carbocycles. The van der Waals surface area contributed by atoms with Crippen molar-refractivity contribution in [2.24, 2.45) is 10.8 Å². The third-order valence-electron chi connectivity index (χ3n) is 3.06. The lowest BCUT2D eigenvalue weighted by Crippen LogP contribution is -2.55. The van der Waals surface area contributed by atoms with E-state index in [2.05, 4.69) is 0 Å². The van der Waals surface area contributed by atoms with Crippen molar-refractivity contribution in [1.82, 2.24) is 0 Å². The first-order valence-electron chi connectivity index (χ1n) is 7.14. The molecule has 5 N–H and O–H groups in total. The number of aliphatic hydroxyl groups is 1. The lowest BCUT2D eigenvalue weighted by atomic mass is 9.71. The van der Waals surface area contributed by atoms with Gasteiger partial charge in [0.1, 0.15) is 0 Å². The molecule has 0 bridgehead atoms. The normalized spacial score (nSPS) is 15.5. The molecular weight excluding hydrogens is 346 g/mol. The molecule has 10 heteroatoms. The molecule has 1 unspecified atom stereocenters. The van der Waals surface area contributed by atoms with E-state index < -0.39 is 46.3 Å². The summed E-state index contributed by atoms with van der Waals surface area (Å²) >= 11 is 0. The van der Waals surface area contributed by atoms with Gasteiger partial charge in [-0.2, -0.15) is 0 Å². The maximum absolute atomic E-state index is 9.98. The van der Waals surface area contributed by atoms with Gasteiger partial charge >= 0.3 is 17.2 Å². The Hall–Kier alpha value is 0.540. The van der Waals surface area contributed by atoms with Crippen LogP contribution in [0.1, 0.15) is 41.5 Å². The maximum atomic E-state index is 9.98. The summed E-state index contributed by atoms with van der Waals surface area (Å²) in [5, 5.41) is 9.98. The van der Waals surface area contributed by atoms with Gasteiger partial charge < -0.3 is 38.5 Å². The molecule has 0 aromatic rings. The highest BCUT2D eigenvalue weighted by Gasteiger charge is 2.48. The van der Waals surface area contributed by atoms with Crippen LogP contribution in [0.5, 0.6) is 0 Å². The van der Waals surface area contributed by atoms with E-state index in [-0.39, 0.29) is 13.2 Å². The molecule has 0 radical (unpaired) electrons. The van der Waals surface area contributed by atoms with Gasteiger partial charge in [0.05, 0.1) is 36.9 Å². The van der Waals surface area contributed by atoms with Gasteiger partial charge in [0.25, 0.3) is 0 Å². The SMILES string of the molecule is CC(C)(C)OC(C(C)(C)C)C(CO)(COP(O)O)COP(O)O. The molecule has 0 rings (SSSR count). The highest BCUT2D eigenvalue weighted by atomic mass is 31.2. The van der Waals surface area contributed by atoms with Crippen molar-refractivity contribution in [3.05, 3.63) is 0 Å². The molecule has 0 saturated heterocycles. The molecule has 0 heterocycles. The Morgan fingerprint density at radius 2 is 1.22 bits per heavy atom. The quantitative estimate of drug-likeness (QED) is 0.384. The molecule has 0 spiro atoms. The second-order valence-corrected chi connectivity index (χ2v) is 9.08. The van der Waals surface area contributed by atoms with Crippen LogP contribution < -0.4 is 0 Å². The highest BCUT2D eigenvalue weighted by molar-refractivity contribution is 7.39. The number of aliphatic hydroxyl groups excluding tert-OH is 1. The first-order chi connectivity index (χ1) is 10.2. The lowest BCUT2D eigenvalue weighted by Gasteiger charge is -2.47. The molecule has 0 aromatic heterocycles. The molecule has 8 nitrogen and oxygen atoms in total. The lowest BCUT2D eigenvalue weighted by molar-refractivity contribution is -0.192. The van der Waals surface area contributed by atoms with Gasteiger partial charge in [0.2, 0.25) is 0 Å². The summed E-state index contributed by atoms with van der Waals surface area (Å²) in [6.45, 7) is 10.2. The topological polar surface area (TPSA) is 129 Å². The summed E-state index contributed by atoms with van der Waals surface area (Å²) in [4.78, 5) is 36.2. The minimum atomic E-state index is -2.63. The molecular formula is C13H30O8P2. The molecule has 0 aliphatic heterocycles. The van der Waals surface area contributed by atoms with Crippen molar-refractivity contribution in [3.8, 4) is 0 Å². The molecule has 140 valence electrons. The zero-order valence-electron chi connectivity index (χ0n) is 14.6. The molecule has 0 fully saturated rings. The van der Waals surface area contributed by atoms with Gasteiger partial charge in [-0.15, -0.1) is 0 Å². The maximum Gasteiger partial charge on any atom is 0.327 e. The van der Waals surface area contributed by atoms with Crippen LogP contribution in [-0.2, 0) is 13.8 Å².